The summed E-state index contributed by atoms with van der Waals surface area (Å²) in [5, 5.41) is 37.0. The fourth-order valence-corrected chi connectivity index (χ4v) is 4.73. The van der Waals surface area contributed by atoms with Crippen molar-refractivity contribution in [2.24, 2.45) is 11.7 Å². The molecule has 0 radical (unpaired) electrons. The molecule has 1 aromatic heterocycles. The molecule has 0 spiro atoms. The maximum Gasteiger partial charge on any atom is 0.326 e. The Morgan fingerprint density at radius 2 is 1.43 bits per heavy atom. The maximum atomic E-state index is 13.5. The normalized spacial score (nSPS) is 13.9. The first-order valence-corrected chi connectivity index (χ1v) is 14.3. The number of aromatic amines is 1. The van der Waals surface area contributed by atoms with Crippen molar-refractivity contribution in [2.75, 3.05) is 0 Å². The summed E-state index contributed by atoms with van der Waals surface area (Å²) >= 11 is 0. The molecule has 0 fully saturated rings. The van der Waals surface area contributed by atoms with Gasteiger partial charge in [-0.1, -0.05) is 44.2 Å². The van der Waals surface area contributed by atoms with Crippen LogP contribution in [0.2, 0.25) is 0 Å². The number of benzene rings is 2. The lowest BCUT2D eigenvalue weighted by atomic mass is 9.99. The van der Waals surface area contributed by atoms with Crippen LogP contribution in [0.4, 0.5) is 0 Å². The van der Waals surface area contributed by atoms with Crippen LogP contribution in [-0.2, 0) is 36.8 Å². The predicted octanol–water partition coefficient (Wildman–Crippen LogP) is 1.44. The number of aromatic hydroxyl groups is 1. The van der Waals surface area contributed by atoms with E-state index in [1.807, 2.05) is 38.1 Å². The fraction of sp³-hybridized carbons (Fsp3) is 0.387. The van der Waals surface area contributed by atoms with E-state index < -0.39 is 53.8 Å². The molecule has 0 aliphatic carbocycles. The Kier molecular flexibility index (Phi) is 11.9. The SMILES string of the molecule is CC(C)CC(NC(=O)C(Cc1ccc(O)cc1)NC(=O)C(N)CCC(=O)O)C(=O)NC(Cc1c[nH]c2ccccc12)C(=O)O. The molecule has 2 aromatic carbocycles. The molecule has 44 heavy (non-hydrogen) atoms. The number of carboxylic acids is 2. The van der Waals surface area contributed by atoms with Crippen LogP contribution in [0.25, 0.3) is 10.9 Å². The lowest BCUT2D eigenvalue weighted by Gasteiger charge is -2.26. The number of carboxylic acid groups (broad SMARTS) is 2. The van der Waals surface area contributed by atoms with Crippen LogP contribution in [-0.4, -0.2) is 74.1 Å². The van der Waals surface area contributed by atoms with Crippen LogP contribution in [0.3, 0.4) is 0 Å². The van der Waals surface area contributed by atoms with Gasteiger partial charge in [-0.25, -0.2) is 4.79 Å². The molecular weight excluding hydrogens is 570 g/mol. The first-order chi connectivity index (χ1) is 20.8. The maximum absolute atomic E-state index is 13.5. The van der Waals surface area contributed by atoms with E-state index in [9.17, 15) is 34.2 Å². The number of phenolic OH excluding ortho intramolecular Hbond substituents is 1. The molecule has 4 unspecified atom stereocenters. The van der Waals surface area contributed by atoms with Crippen molar-refractivity contribution in [3.63, 3.8) is 0 Å². The van der Waals surface area contributed by atoms with Gasteiger partial charge >= 0.3 is 11.9 Å². The molecule has 3 amide bonds. The van der Waals surface area contributed by atoms with Gasteiger partial charge in [-0.2, -0.15) is 0 Å². The summed E-state index contributed by atoms with van der Waals surface area (Å²) in [4.78, 5) is 65.9. The Bertz CT molecular complexity index is 1470. The second-order valence-electron chi connectivity index (χ2n) is 11.1. The molecular formula is C31H39N5O8. The van der Waals surface area contributed by atoms with Gasteiger partial charge in [-0.15, -0.1) is 0 Å². The summed E-state index contributed by atoms with van der Waals surface area (Å²) in [6.07, 6.45) is 1.34. The molecule has 236 valence electrons. The minimum Gasteiger partial charge on any atom is -0.508 e. The number of phenols is 1. The number of para-hydroxylation sites is 1. The molecule has 3 rings (SSSR count). The van der Waals surface area contributed by atoms with Crippen molar-refractivity contribution < 1.29 is 39.3 Å². The van der Waals surface area contributed by atoms with Crippen LogP contribution in [0.5, 0.6) is 5.75 Å². The molecule has 0 saturated heterocycles. The number of fused-ring (bicyclic) bond motifs is 1. The smallest absolute Gasteiger partial charge is 0.326 e. The van der Waals surface area contributed by atoms with Crippen LogP contribution >= 0.6 is 0 Å². The number of rotatable bonds is 16. The molecule has 3 aromatic rings. The number of carbonyl (C=O) groups excluding carboxylic acids is 3. The first-order valence-electron chi connectivity index (χ1n) is 14.3. The number of aliphatic carboxylic acids is 2. The Balaban J connectivity index is 1.78. The molecule has 13 heteroatoms. The third-order valence-corrected chi connectivity index (χ3v) is 7.07. The lowest BCUT2D eigenvalue weighted by Crippen LogP contribution is -2.58. The largest absolute Gasteiger partial charge is 0.508 e. The van der Waals surface area contributed by atoms with Crippen molar-refractivity contribution in [1.29, 1.82) is 0 Å². The van der Waals surface area contributed by atoms with Crippen LogP contribution < -0.4 is 21.7 Å². The van der Waals surface area contributed by atoms with Crippen LogP contribution in [0.1, 0.15) is 44.2 Å². The monoisotopic (exact) mass is 609 g/mol. The number of hydrogen-bond donors (Lipinski definition) is 8. The lowest BCUT2D eigenvalue weighted by molar-refractivity contribution is -0.142. The fourth-order valence-electron chi connectivity index (χ4n) is 4.73. The van der Waals surface area contributed by atoms with Gasteiger partial charge in [0.1, 0.15) is 23.9 Å². The highest BCUT2D eigenvalue weighted by molar-refractivity contribution is 5.94. The average molecular weight is 610 g/mol. The van der Waals surface area contributed by atoms with E-state index >= 15 is 0 Å². The molecule has 0 bridgehead atoms. The molecule has 13 nitrogen and oxygen atoms in total. The average Bonchev–Trinajstić information content (AvgIpc) is 3.38. The van der Waals surface area contributed by atoms with Crippen LogP contribution in [0, 0.1) is 5.92 Å². The quantitative estimate of drug-likeness (QED) is 0.117. The van der Waals surface area contributed by atoms with Crippen molar-refractivity contribution in [3.05, 3.63) is 65.9 Å². The minimum atomic E-state index is -1.28. The third-order valence-electron chi connectivity index (χ3n) is 7.07. The highest BCUT2D eigenvalue weighted by Gasteiger charge is 2.31. The zero-order valence-electron chi connectivity index (χ0n) is 24.6. The van der Waals surface area contributed by atoms with Crippen LogP contribution in [0.15, 0.2) is 54.7 Å². The number of nitrogens with one attached hydrogen (secondary N) is 4. The van der Waals surface area contributed by atoms with E-state index in [0.29, 0.717) is 11.1 Å². The van der Waals surface area contributed by atoms with Gasteiger partial charge < -0.3 is 42.0 Å². The second-order valence-corrected chi connectivity index (χ2v) is 11.1. The summed E-state index contributed by atoms with van der Waals surface area (Å²) in [5.41, 5.74) is 7.96. The zero-order chi connectivity index (χ0) is 32.4. The summed E-state index contributed by atoms with van der Waals surface area (Å²) in [7, 11) is 0. The predicted molar refractivity (Wildman–Crippen MR) is 162 cm³/mol. The van der Waals surface area contributed by atoms with Gasteiger partial charge in [0.05, 0.1) is 6.04 Å². The van der Waals surface area contributed by atoms with Gasteiger partial charge in [-0.05, 0) is 48.1 Å². The van der Waals surface area contributed by atoms with E-state index in [2.05, 4.69) is 20.9 Å². The summed E-state index contributed by atoms with van der Waals surface area (Å²) < 4.78 is 0. The molecule has 9 N–H and O–H groups in total. The number of nitrogens with two attached hydrogens (primary N) is 1. The topological polar surface area (TPSA) is 224 Å². The number of amides is 3. The van der Waals surface area contributed by atoms with Gasteiger partial charge in [0.15, 0.2) is 0 Å². The van der Waals surface area contributed by atoms with E-state index in [1.54, 1.807) is 18.3 Å². The number of H-pyrrole nitrogens is 1. The highest BCUT2D eigenvalue weighted by Crippen LogP contribution is 2.19. The molecule has 4 atom stereocenters. The standard InChI is InChI=1S/C31H39N5O8/c1-17(2)13-24(29(41)36-26(31(43)44)15-19-16-33-23-6-4-3-5-21(19)23)35-30(42)25(14-18-7-9-20(37)10-8-18)34-28(40)22(32)11-12-27(38)39/h3-10,16-17,22,24-26,33,37H,11-15,32H2,1-2H3,(H,34,40)(H,35,42)(H,36,41)(H,38,39)(H,43,44). The number of aromatic nitrogens is 1. The third kappa shape index (κ3) is 9.83. The zero-order valence-corrected chi connectivity index (χ0v) is 24.6. The van der Waals surface area contributed by atoms with Gasteiger partial charge in [0.25, 0.3) is 0 Å². The molecule has 0 aliphatic rings. The molecule has 0 saturated carbocycles. The van der Waals surface area contributed by atoms with Gasteiger partial charge in [0.2, 0.25) is 17.7 Å². The van der Waals surface area contributed by atoms with E-state index in [0.717, 1.165) is 10.9 Å². The van der Waals surface area contributed by atoms with Crippen molar-refractivity contribution in [3.8, 4) is 5.75 Å². The number of carbonyl (C=O) groups is 5. The Hall–Kier alpha value is -4.91. The van der Waals surface area contributed by atoms with Crippen molar-refractivity contribution >= 4 is 40.6 Å². The Labute approximate surface area is 254 Å². The van der Waals surface area contributed by atoms with Crippen molar-refractivity contribution in [2.45, 2.75) is 70.1 Å². The Morgan fingerprint density at radius 3 is 2.07 bits per heavy atom. The molecule has 0 aliphatic heterocycles. The molecule has 1 heterocycles. The van der Waals surface area contributed by atoms with E-state index in [4.69, 9.17) is 10.8 Å². The van der Waals surface area contributed by atoms with Gasteiger partial charge in [-0.3, -0.25) is 19.2 Å². The summed E-state index contributed by atoms with van der Waals surface area (Å²) in [6, 6.07) is 8.50. The minimum absolute atomic E-state index is 0.00119. The second kappa shape index (κ2) is 15.5. The summed E-state index contributed by atoms with van der Waals surface area (Å²) in [5.74, 6) is -4.61. The highest BCUT2D eigenvalue weighted by atomic mass is 16.4. The van der Waals surface area contributed by atoms with Crippen molar-refractivity contribution in [1.82, 2.24) is 20.9 Å². The first kappa shape index (κ1) is 33.6. The Morgan fingerprint density at radius 1 is 0.818 bits per heavy atom. The van der Waals surface area contributed by atoms with E-state index in [-0.39, 0.29) is 43.8 Å². The van der Waals surface area contributed by atoms with Gasteiger partial charge in [0, 0.05) is 36.4 Å². The number of hydrogen-bond acceptors (Lipinski definition) is 7. The summed E-state index contributed by atoms with van der Waals surface area (Å²) in [6.45, 7) is 3.68. The van der Waals surface area contributed by atoms with E-state index in [1.165, 1.54) is 12.1 Å².